The van der Waals surface area contributed by atoms with Gasteiger partial charge in [0.25, 0.3) is 5.91 Å². The highest BCUT2D eigenvalue weighted by atomic mass is 79.9. The first-order valence-corrected chi connectivity index (χ1v) is 8.70. The number of nitrogens with zero attached hydrogens (tertiary/aromatic N) is 3. The van der Waals surface area contributed by atoms with Crippen molar-refractivity contribution in [1.82, 2.24) is 25.3 Å². The van der Waals surface area contributed by atoms with Crippen molar-refractivity contribution in [3.8, 4) is 0 Å². The number of aryl methyl sites for hydroxylation is 1. The average Bonchev–Trinajstić information content (AvgIpc) is 3.27. The van der Waals surface area contributed by atoms with Crippen LogP contribution in [-0.2, 0) is 11.8 Å². The molecule has 2 amide bonds. The van der Waals surface area contributed by atoms with Gasteiger partial charge in [-0.15, -0.1) is 0 Å². The molecule has 0 unspecified atom stereocenters. The van der Waals surface area contributed by atoms with Gasteiger partial charge in [-0.3, -0.25) is 14.6 Å². The maximum absolute atomic E-state index is 12.3. The Balaban J connectivity index is 1.60. The first-order valence-electron chi connectivity index (χ1n) is 7.91. The molecule has 0 bridgehead atoms. The molecule has 9 nitrogen and oxygen atoms in total. The van der Waals surface area contributed by atoms with E-state index in [1.54, 1.807) is 20.2 Å². The molecule has 0 radical (unpaired) electrons. The Morgan fingerprint density at radius 2 is 2.20 bits per heavy atom. The maximum atomic E-state index is 12.3. The summed E-state index contributed by atoms with van der Waals surface area (Å²) < 4.78 is 7.37. The molecule has 0 saturated heterocycles. The Kier molecular flexibility index (Phi) is 5.07. The standard InChI is InChI=1S/C15H19BrN6O3/c1-17-15(24)25-9-4-3-8(5-9)10-6-13(20-19-10)18-14(23)11-7-12(16)21-22(11)2/h6-9H,3-5H2,1-2H3,(H,17,24)(H2,18,19,20,23)/t8-,9+/m0/s1. The van der Waals surface area contributed by atoms with Crippen LogP contribution in [0.25, 0.3) is 0 Å². The van der Waals surface area contributed by atoms with Crippen LogP contribution >= 0.6 is 15.9 Å². The monoisotopic (exact) mass is 410 g/mol. The molecule has 3 N–H and O–H groups in total. The van der Waals surface area contributed by atoms with Gasteiger partial charge in [0, 0.05) is 37.8 Å². The van der Waals surface area contributed by atoms with Crippen molar-refractivity contribution >= 4 is 33.7 Å². The predicted octanol–water partition coefficient (Wildman–Crippen LogP) is 2.15. The zero-order chi connectivity index (χ0) is 18.0. The number of anilines is 1. The van der Waals surface area contributed by atoms with Gasteiger partial charge in [0.2, 0.25) is 0 Å². The van der Waals surface area contributed by atoms with E-state index in [4.69, 9.17) is 4.74 Å². The number of halogens is 1. The quantitative estimate of drug-likeness (QED) is 0.714. The zero-order valence-corrected chi connectivity index (χ0v) is 15.5. The third-order valence-corrected chi connectivity index (χ3v) is 4.61. The molecule has 10 heteroatoms. The lowest BCUT2D eigenvalue weighted by Crippen LogP contribution is -2.24. The Labute approximate surface area is 152 Å². The molecule has 2 atom stereocenters. The molecule has 0 aromatic carbocycles. The van der Waals surface area contributed by atoms with Gasteiger partial charge in [0.15, 0.2) is 5.82 Å². The van der Waals surface area contributed by atoms with Gasteiger partial charge in [-0.25, -0.2) is 4.79 Å². The van der Waals surface area contributed by atoms with E-state index in [-0.39, 0.29) is 17.9 Å². The summed E-state index contributed by atoms with van der Waals surface area (Å²) in [7, 11) is 3.24. The normalized spacial score (nSPS) is 19.6. The Morgan fingerprint density at radius 1 is 1.40 bits per heavy atom. The largest absolute Gasteiger partial charge is 0.446 e. The van der Waals surface area contributed by atoms with E-state index in [9.17, 15) is 9.59 Å². The summed E-state index contributed by atoms with van der Waals surface area (Å²) in [6, 6.07) is 3.46. The van der Waals surface area contributed by atoms with Crippen LogP contribution in [0.2, 0.25) is 0 Å². The van der Waals surface area contributed by atoms with Gasteiger partial charge in [-0.2, -0.15) is 10.2 Å². The van der Waals surface area contributed by atoms with Crippen molar-refractivity contribution in [2.75, 3.05) is 12.4 Å². The van der Waals surface area contributed by atoms with Crippen LogP contribution in [0.15, 0.2) is 16.7 Å². The van der Waals surface area contributed by atoms with Crippen LogP contribution in [0.5, 0.6) is 0 Å². The molecule has 0 spiro atoms. The second kappa shape index (κ2) is 7.26. The van der Waals surface area contributed by atoms with Gasteiger partial charge >= 0.3 is 6.09 Å². The zero-order valence-electron chi connectivity index (χ0n) is 13.9. The second-order valence-electron chi connectivity index (χ2n) is 5.93. The summed E-state index contributed by atoms with van der Waals surface area (Å²) in [4.78, 5) is 23.6. The van der Waals surface area contributed by atoms with E-state index in [0.717, 1.165) is 25.0 Å². The van der Waals surface area contributed by atoms with Crippen LogP contribution in [0, 0.1) is 0 Å². The molecule has 134 valence electrons. The Morgan fingerprint density at radius 3 is 2.88 bits per heavy atom. The molecule has 1 saturated carbocycles. The molecule has 1 aliphatic rings. The molecule has 2 heterocycles. The summed E-state index contributed by atoms with van der Waals surface area (Å²) in [5.41, 5.74) is 1.35. The average molecular weight is 411 g/mol. The fourth-order valence-electron chi connectivity index (χ4n) is 2.97. The van der Waals surface area contributed by atoms with Crippen molar-refractivity contribution in [3.63, 3.8) is 0 Å². The fourth-order valence-corrected chi connectivity index (χ4v) is 3.43. The highest BCUT2D eigenvalue weighted by Gasteiger charge is 2.29. The minimum atomic E-state index is -0.412. The van der Waals surface area contributed by atoms with Crippen molar-refractivity contribution in [3.05, 3.63) is 28.1 Å². The Hall–Kier alpha value is -2.36. The SMILES string of the molecule is CNC(=O)O[C@@H]1CC[C@H](c2cc(NC(=O)c3cc(Br)nn3C)n[nH]2)C1. The van der Waals surface area contributed by atoms with Crippen LogP contribution in [-0.4, -0.2) is 45.1 Å². The molecule has 1 aliphatic carbocycles. The number of H-pyrrole nitrogens is 1. The van der Waals surface area contributed by atoms with Crippen molar-refractivity contribution in [2.45, 2.75) is 31.3 Å². The number of nitrogens with one attached hydrogen (secondary N) is 3. The van der Waals surface area contributed by atoms with Crippen molar-refractivity contribution in [1.29, 1.82) is 0 Å². The first-order chi connectivity index (χ1) is 12.0. The number of aromatic nitrogens is 4. The number of rotatable bonds is 4. The highest BCUT2D eigenvalue weighted by Crippen LogP contribution is 2.35. The van der Waals surface area contributed by atoms with E-state index in [2.05, 4.69) is 41.9 Å². The number of amides is 2. The lowest BCUT2D eigenvalue weighted by molar-refractivity contribution is 0.101. The van der Waals surface area contributed by atoms with Crippen LogP contribution in [0.3, 0.4) is 0 Å². The molecular weight excluding hydrogens is 392 g/mol. The maximum Gasteiger partial charge on any atom is 0.407 e. The number of ether oxygens (including phenoxy) is 1. The molecule has 2 aromatic heterocycles. The molecule has 3 rings (SSSR count). The lowest BCUT2D eigenvalue weighted by Gasteiger charge is -2.11. The Bertz CT molecular complexity index is 786. The van der Waals surface area contributed by atoms with Crippen LogP contribution in [0.1, 0.15) is 41.4 Å². The minimum Gasteiger partial charge on any atom is -0.446 e. The molecular formula is C15H19BrN6O3. The van der Waals surface area contributed by atoms with E-state index in [1.807, 2.05) is 6.07 Å². The lowest BCUT2D eigenvalue weighted by atomic mass is 10.0. The second-order valence-corrected chi connectivity index (χ2v) is 6.74. The summed E-state index contributed by atoms with van der Waals surface area (Å²) in [5.74, 6) is 0.387. The highest BCUT2D eigenvalue weighted by molar-refractivity contribution is 9.10. The summed E-state index contributed by atoms with van der Waals surface area (Å²) in [6.45, 7) is 0. The topological polar surface area (TPSA) is 114 Å². The minimum absolute atomic E-state index is 0.0990. The van der Waals surface area contributed by atoms with Crippen LogP contribution < -0.4 is 10.6 Å². The number of carbonyl (C=O) groups excluding carboxylic acids is 2. The van der Waals surface area contributed by atoms with E-state index >= 15 is 0 Å². The summed E-state index contributed by atoms with van der Waals surface area (Å²) >= 11 is 3.24. The van der Waals surface area contributed by atoms with Gasteiger partial charge in [-0.05, 0) is 35.2 Å². The van der Waals surface area contributed by atoms with Gasteiger partial charge < -0.3 is 15.4 Å². The van der Waals surface area contributed by atoms with E-state index < -0.39 is 6.09 Å². The number of hydrogen-bond acceptors (Lipinski definition) is 5. The van der Waals surface area contributed by atoms with Crippen molar-refractivity contribution < 1.29 is 14.3 Å². The number of alkyl carbamates (subject to hydrolysis) is 1. The first kappa shape index (κ1) is 17.5. The van der Waals surface area contributed by atoms with Gasteiger partial charge in [-0.1, -0.05) is 0 Å². The third-order valence-electron chi connectivity index (χ3n) is 4.22. The smallest absolute Gasteiger partial charge is 0.407 e. The van der Waals surface area contributed by atoms with E-state index in [1.165, 1.54) is 4.68 Å². The fraction of sp³-hybridized carbons (Fsp3) is 0.467. The number of aromatic amines is 1. The predicted molar refractivity (Wildman–Crippen MR) is 93.4 cm³/mol. The third kappa shape index (κ3) is 4.01. The van der Waals surface area contributed by atoms with Crippen LogP contribution in [0.4, 0.5) is 10.6 Å². The van der Waals surface area contributed by atoms with Crippen molar-refractivity contribution in [2.24, 2.45) is 7.05 Å². The number of carbonyl (C=O) groups is 2. The molecule has 0 aliphatic heterocycles. The molecule has 2 aromatic rings. The van der Waals surface area contributed by atoms with E-state index in [0.29, 0.717) is 16.1 Å². The van der Waals surface area contributed by atoms with Gasteiger partial charge in [0.1, 0.15) is 16.4 Å². The molecule has 1 fully saturated rings. The summed E-state index contributed by atoms with van der Waals surface area (Å²) in [5, 5.41) is 16.4. The number of hydrogen-bond donors (Lipinski definition) is 3. The molecule has 25 heavy (non-hydrogen) atoms. The van der Waals surface area contributed by atoms with Gasteiger partial charge in [0.05, 0.1) is 0 Å². The summed E-state index contributed by atoms with van der Waals surface area (Å²) in [6.07, 6.45) is 1.93.